The SMILES string of the molecule is Cc1ccc2c(n1)oc1c(N3C4CN(Cc5ccccc54)[C@@H]3C)c(C)ccc12. The van der Waals surface area contributed by atoms with Gasteiger partial charge in [-0.2, -0.15) is 0 Å². The van der Waals surface area contributed by atoms with E-state index in [0.717, 1.165) is 40.9 Å². The summed E-state index contributed by atoms with van der Waals surface area (Å²) in [4.78, 5) is 9.77. The van der Waals surface area contributed by atoms with Crippen LogP contribution in [0.5, 0.6) is 0 Å². The van der Waals surface area contributed by atoms with E-state index in [4.69, 9.17) is 4.42 Å². The van der Waals surface area contributed by atoms with Crippen LogP contribution in [0.2, 0.25) is 0 Å². The Bertz CT molecular complexity index is 1240. The molecule has 2 aliphatic heterocycles. The van der Waals surface area contributed by atoms with Gasteiger partial charge < -0.3 is 9.32 Å². The summed E-state index contributed by atoms with van der Waals surface area (Å²) < 4.78 is 6.37. The molecule has 0 spiro atoms. The summed E-state index contributed by atoms with van der Waals surface area (Å²) >= 11 is 0. The van der Waals surface area contributed by atoms with Crippen molar-refractivity contribution in [2.75, 3.05) is 11.4 Å². The monoisotopic (exact) mass is 369 g/mol. The fourth-order valence-corrected chi connectivity index (χ4v) is 5.13. The van der Waals surface area contributed by atoms with E-state index in [9.17, 15) is 0 Å². The van der Waals surface area contributed by atoms with Crippen LogP contribution in [0.1, 0.15) is 35.3 Å². The lowest BCUT2D eigenvalue weighted by atomic mass is 9.96. The number of nitrogens with zero attached hydrogens (tertiary/aromatic N) is 3. The van der Waals surface area contributed by atoms with Crippen LogP contribution in [0.4, 0.5) is 5.69 Å². The molecule has 4 heterocycles. The Hall–Kier alpha value is -2.85. The third-order valence-corrected chi connectivity index (χ3v) is 6.54. The molecule has 2 aliphatic rings. The van der Waals surface area contributed by atoms with E-state index in [1.807, 2.05) is 6.92 Å². The summed E-state index contributed by atoms with van der Waals surface area (Å²) in [6.45, 7) is 8.59. The maximum Gasteiger partial charge on any atom is 0.227 e. The van der Waals surface area contributed by atoms with Gasteiger partial charge in [-0.1, -0.05) is 36.4 Å². The molecule has 4 nitrogen and oxygen atoms in total. The Morgan fingerprint density at radius 2 is 1.82 bits per heavy atom. The maximum atomic E-state index is 6.37. The minimum atomic E-state index is 0.324. The number of pyridine rings is 1. The first-order chi connectivity index (χ1) is 13.6. The molecule has 0 radical (unpaired) electrons. The summed E-state index contributed by atoms with van der Waals surface area (Å²) in [5, 5.41) is 2.25. The number of aryl methyl sites for hydroxylation is 2. The first-order valence-corrected chi connectivity index (χ1v) is 10.0. The summed E-state index contributed by atoms with van der Waals surface area (Å²) in [6, 6.07) is 17.8. The van der Waals surface area contributed by atoms with Crippen LogP contribution in [0.3, 0.4) is 0 Å². The molecule has 140 valence electrons. The van der Waals surface area contributed by atoms with E-state index in [-0.39, 0.29) is 0 Å². The van der Waals surface area contributed by atoms with Crippen LogP contribution in [-0.2, 0) is 6.54 Å². The fraction of sp³-hybridized carbons (Fsp3) is 0.292. The third kappa shape index (κ3) is 2.07. The molecule has 0 saturated carbocycles. The van der Waals surface area contributed by atoms with Crippen molar-refractivity contribution in [2.45, 2.75) is 39.5 Å². The Morgan fingerprint density at radius 3 is 2.71 bits per heavy atom. The molecule has 2 bridgehead atoms. The van der Waals surface area contributed by atoms with Gasteiger partial charge in [0.1, 0.15) is 0 Å². The second-order valence-electron chi connectivity index (χ2n) is 8.20. The zero-order valence-electron chi connectivity index (χ0n) is 16.4. The first-order valence-electron chi connectivity index (χ1n) is 10.0. The Balaban J connectivity index is 1.62. The van der Waals surface area contributed by atoms with Crippen LogP contribution < -0.4 is 4.90 Å². The van der Waals surface area contributed by atoms with Crippen molar-refractivity contribution < 1.29 is 4.42 Å². The summed E-state index contributed by atoms with van der Waals surface area (Å²) in [5.74, 6) is 0. The Labute approximate surface area is 164 Å². The molecule has 0 aliphatic carbocycles. The molecule has 2 unspecified atom stereocenters. The number of hydrogen-bond acceptors (Lipinski definition) is 4. The quantitative estimate of drug-likeness (QED) is 0.454. The number of anilines is 1. The number of fused-ring (bicyclic) bond motifs is 7. The average molecular weight is 369 g/mol. The number of hydrogen-bond donors (Lipinski definition) is 0. The molecule has 2 aromatic carbocycles. The van der Waals surface area contributed by atoms with Crippen molar-refractivity contribution >= 4 is 27.8 Å². The highest BCUT2D eigenvalue weighted by atomic mass is 16.3. The van der Waals surface area contributed by atoms with Crippen molar-refractivity contribution in [2.24, 2.45) is 0 Å². The summed E-state index contributed by atoms with van der Waals surface area (Å²) in [5.41, 5.74) is 8.04. The predicted molar refractivity (Wildman–Crippen MR) is 113 cm³/mol. The molecule has 3 atom stereocenters. The van der Waals surface area contributed by atoms with Crippen LogP contribution in [0, 0.1) is 13.8 Å². The first kappa shape index (κ1) is 16.1. The van der Waals surface area contributed by atoms with E-state index in [1.165, 1.54) is 22.4 Å². The molecular formula is C24H23N3O. The lowest BCUT2D eigenvalue weighted by Gasteiger charge is -2.31. The summed E-state index contributed by atoms with van der Waals surface area (Å²) in [6.07, 6.45) is 0.324. The molecule has 28 heavy (non-hydrogen) atoms. The van der Waals surface area contributed by atoms with Gasteiger partial charge in [-0.05, 0) is 49.6 Å². The second kappa shape index (κ2) is 5.58. The van der Waals surface area contributed by atoms with Crippen molar-refractivity contribution in [3.05, 3.63) is 70.9 Å². The molecule has 2 aromatic heterocycles. The molecule has 1 fully saturated rings. The van der Waals surface area contributed by atoms with Gasteiger partial charge in [-0.15, -0.1) is 0 Å². The van der Waals surface area contributed by atoms with Crippen molar-refractivity contribution in [1.82, 2.24) is 9.88 Å². The Morgan fingerprint density at radius 1 is 1.00 bits per heavy atom. The van der Waals surface area contributed by atoms with Crippen molar-refractivity contribution in [3.63, 3.8) is 0 Å². The molecule has 6 rings (SSSR count). The van der Waals surface area contributed by atoms with Gasteiger partial charge >= 0.3 is 0 Å². The normalized spacial score (nSPS) is 23.5. The molecule has 0 amide bonds. The van der Waals surface area contributed by atoms with Gasteiger partial charge in [0.05, 0.1) is 17.9 Å². The highest BCUT2D eigenvalue weighted by Crippen LogP contribution is 2.47. The van der Waals surface area contributed by atoms with Crippen molar-refractivity contribution in [1.29, 1.82) is 0 Å². The highest BCUT2D eigenvalue weighted by Gasteiger charge is 2.43. The number of furan rings is 1. The zero-order valence-corrected chi connectivity index (χ0v) is 16.4. The predicted octanol–water partition coefficient (Wildman–Crippen LogP) is 5.32. The van der Waals surface area contributed by atoms with Gasteiger partial charge in [0.15, 0.2) is 5.58 Å². The van der Waals surface area contributed by atoms with Crippen LogP contribution in [-0.4, -0.2) is 22.6 Å². The molecular weight excluding hydrogens is 346 g/mol. The minimum Gasteiger partial charge on any atom is -0.436 e. The number of benzene rings is 2. The topological polar surface area (TPSA) is 32.5 Å². The van der Waals surface area contributed by atoms with Gasteiger partial charge in [0, 0.05) is 29.6 Å². The van der Waals surface area contributed by atoms with E-state index in [1.54, 1.807) is 0 Å². The van der Waals surface area contributed by atoms with Gasteiger partial charge in [0.25, 0.3) is 0 Å². The van der Waals surface area contributed by atoms with Crippen molar-refractivity contribution in [3.8, 4) is 0 Å². The lowest BCUT2D eigenvalue weighted by molar-refractivity contribution is 0.252. The third-order valence-electron chi connectivity index (χ3n) is 6.54. The van der Waals surface area contributed by atoms with Gasteiger partial charge in [0.2, 0.25) is 5.71 Å². The molecule has 1 saturated heterocycles. The van der Waals surface area contributed by atoms with Crippen LogP contribution in [0.15, 0.2) is 52.9 Å². The van der Waals surface area contributed by atoms with E-state index in [2.05, 4.69) is 77.2 Å². The largest absolute Gasteiger partial charge is 0.436 e. The van der Waals surface area contributed by atoms with Crippen LogP contribution in [0.25, 0.3) is 22.1 Å². The Kier molecular flexibility index (Phi) is 3.22. The molecule has 4 aromatic rings. The fourth-order valence-electron chi connectivity index (χ4n) is 5.13. The smallest absolute Gasteiger partial charge is 0.227 e. The van der Waals surface area contributed by atoms with E-state index in [0.29, 0.717) is 12.2 Å². The summed E-state index contributed by atoms with van der Waals surface area (Å²) in [7, 11) is 0. The number of aromatic nitrogens is 1. The molecule has 4 heteroatoms. The zero-order chi connectivity index (χ0) is 19.0. The lowest BCUT2D eigenvalue weighted by Crippen LogP contribution is -2.35. The van der Waals surface area contributed by atoms with Crippen LogP contribution >= 0.6 is 0 Å². The average Bonchev–Trinajstić information content (AvgIpc) is 3.18. The highest BCUT2D eigenvalue weighted by molar-refractivity contribution is 6.08. The minimum absolute atomic E-state index is 0.324. The number of rotatable bonds is 1. The molecule has 0 N–H and O–H groups in total. The van der Waals surface area contributed by atoms with Gasteiger partial charge in [-0.3, -0.25) is 4.90 Å². The van der Waals surface area contributed by atoms with E-state index < -0.39 is 0 Å². The standard InChI is InChI=1S/C24H23N3O/c1-14-8-10-19-20-11-9-15(2)25-24(20)28-23(19)22(14)27-16(3)26-12-17-6-4-5-7-18(17)21(27)13-26/h4-11,16,21H,12-13H2,1-3H3/t16-,21?/m0/s1. The van der Waals surface area contributed by atoms with Gasteiger partial charge in [-0.25, -0.2) is 4.98 Å². The van der Waals surface area contributed by atoms with E-state index >= 15 is 0 Å². The maximum absolute atomic E-state index is 6.37. The second-order valence-corrected chi connectivity index (χ2v) is 8.20.